The number of nitrogens with zero attached hydrogens (tertiary/aromatic N) is 1. The van der Waals surface area contributed by atoms with E-state index in [1.807, 2.05) is 12.1 Å². The third kappa shape index (κ3) is 3.20. The Morgan fingerprint density at radius 1 is 0.667 bits per heavy atom. The van der Waals surface area contributed by atoms with E-state index in [0.717, 1.165) is 16.7 Å². The van der Waals surface area contributed by atoms with Gasteiger partial charge in [-0.15, -0.1) is 0 Å². The molecule has 0 heterocycles. The van der Waals surface area contributed by atoms with E-state index in [1.165, 1.54) is 27.1 Å². The van der Waals surface area contributed by atoms with Crippen LogP contribution < -0.4 is 0 Å². The molecule has 0 saturated heterocycles. The molecule has 0 amide bonds. The number of nitro groups is 1. The highest BCUT2D eigenvalue weighted by Crippen LogP contribution is 2.36. The largest absolute Gasteiger partial charge is 0.272 e. The number of para-hydroxylation sites is 1. The lowest BCUT2D eigenvalue weighted by molar-refractivity contribution is -0.385. The van der Waals surface area contributed by atoms with Crippen LogP contribution >= 0.6 is 0 Å². The van der Waals surface area contributed by atoms with Gasteiger partial charge in [0.2, 0.25) is 0 Å². The molecule has 0 atom stereocenters. The summed E-state index contributed by atoms with van der Waals surface area (Å²) in [5.41, 5.74) is 4.32. The Morgan fingerprint density at radius 2 is 1.23 bits per heavy atom. The van der Waals surface area contributed by atoms with Crippen molar-refractivity contribution in [1.82, 2.24) is 0 Å². The Bertz CT molecular complexity index is 1330. The first-order valence-corrected chi connectivity index (χ1v) is 9.93. The molecule has 0 saturated carbocycles. The molecule has 0 unspecified atom stereocenters. The molecular formula is C27H19NO2. The molecule has 0 spiro atoms. The van der Waals surface area contributed by atoms with Crippen LogP contribution in [0.5, 0.6) is 0 Å². The highest BCUT2D eigenvalue weighted by atomic mass is 16.6. The lowest BCUT2D eigenvalue weighted by Gasteiger charge is -2.13. The highest BCUT2D eigenvalue weighted by Gasteiger charge is 2.13. The van der Waals surface area contributed by atoms with Gasteiger partial charge >= 0.3 is 0 Å². The summed E-state index contributed by atoms with van der Waals surface area (Å²) in [5, 5.41) is 16.2. The zero-order valence-electron chi connectivity index (χ0n) is 16.3. The van der Waals surface area contributed by atoms with E-state index in [9.17, 15) is 10.1 Å². The quantitative estimate of drug-likeness (QED) is 0.186. The summed E-state index contributed by atoms with van der Waals surface area (Å²) in [5.74, 6) is 0. The number of hydrogen-bond donors (Lipinski definition) is 0. The summed E-state index contributed by atoms with van der Waals surface area (Å²) < 4.78 is 0. The van der Waals surface area contributed by atoms with Crippen molar-refractivity contribution in [2.24, 2.45) is 0 Å². The molecule has 144 valence electrons. The minimum Gasteiger partial charge on any atom is -0.258 e. The highest BCUT2D eigenvalue weighted by molar-refractivity contribution is 6.12. The zero-order valence-corrected chi connectivity index (χ0v) is 16.3. The van der Waals surface area contributed by atoms with Crippen LogP contribution in [0, 0.1) is 10.1 Å². The Balaban J connectivity index is 1.60. The fraction of sp³-hybridized carbons (Fsp3) is 0.0370. The van der Waals surface area contributed by atoms with Crippen LogP contribution in [-0.4, -0.2) is 4.92 Å². The van der Waals surface area contributed by atoms with Crippen LogP contribution in [0.2, 0.25) is 0 Å². The van der Waals surface area contributed by atoms with Gasteiger partial charge in [-0.1, -0.05) is 91.0 Å². The fourth-order valence-corrected chi connectivity index (χ4v) is 4.17. The van der Waals surface area contributed by atoms with Gasteiger partial charge in [0.15, 0.2) is 0 Å². The van der Waals surface area contributed by atoms with Crippen LogP contribution in [-0.2, 0) is 6.42 Å². The van der Waals surface area contributed by atoms with Gasteiger partial charge in [-0.2, -0.15) is 0 Å². The van der Waals surface area contributed by atoms with Gasteiger partial charge in [0.05, 0.1) is 4.92 Å². The van der Waals surface area contributed by atoms with Gasteiger partial charge in [-0.05, 0) is 44.3 Å². The summed E-state index contributed by atoms with van der Waals surface area (Å²) in [6, 6.07) is 34.5. The van der Waals surface area contributed by atoms with E-state index < -0.39 is 0 Å². The van der Waals surface area contributed by atoms with E-state index in [0.29, 0.717) is 6.42 Å². The Kier molecular flexibility index (Phi) is 4.49. The van der Waals surface area contributed by atoms with E-state index in [1.54, 1.807) is 12.1 Å². The molecule has 0 aliphatic heterocycles. The van der Waals surface area contributed by atoms with E-state index in [4.69, 9.17) is 0 Å². The van der Waals surface area contributed by atoms with Gasteiger partial charge in [-0.3, -0.25) is 10.1 Å². The van der Waals surface area contributed by atoms with Crippen molar-refractivity contribution < 1.29 is 4.92 Å². The number of hydrogen-bond acceptors (Lipinski definition) is 2. The van der Waals surface area contributed by atoms with Gasteiger partial charge in [0.25, 0.3) is 5.69 Å². The molecular weight excluding hydrogens is 370 g/mol. The van der Waals surface area contributed by atoms with E-state index >= 15 is 0 Å². The molecule has 3 nitrogen and oxygen atoms in total. The molecule has 5 aromatic carbocycles. The summed E-state index contributed by atoms with van der Waals surface area (Å²) in [6.07, 6.45) is 0.535. The monoisotopic (exact) mass is 389 g/mol. The standard InChI is InChI=1S/C27H19NO2/c29-28(30)26-12-6-3-9-23(26)17-19-13-15-20(16-14-19)27-24-10-4-1-7-21(24)18-22-8-2-5-11-25(22)27/h1-16,18H,17H2. The molecule has 30 heavy (non-hydrogen) atoms. The second-order valence-corrected chi connectivity index (χ2v) is 7.45. The molecule has 0 bridgehead atoms. The van der Waals surface area contributed by atoms with Crippen molar-refractivity contribution in [1.29, 1.82) is 0 Å². The maximum absolute atomic E-state index is 11.3. The number of benzene rings is 5. The third-order valence-electron chi connectivity index (χ3n) is 5.60. The van der Waals surface area contributed by atoms with Gasteiger partial charge in [0, 0.05) is 18.1 Å². The Labute approximate surface area is 174 Å². The average molecular weight is 389 g/mol. The van der Waals surface area contributed by atoms with E-state index in [-0.39, 0.29) is 10.6 Å². The summed E-state index contributed by atoms with van der Waals surface area (Å²) in [6.45, 7) is 0. The summed E-state index contributed by atoms with van der Waals surface area (Å²) >= 11 is 0. The van der Waals surface area contributed by atoms with Crippen LogP contribution in [0.3, 0.4) is 0 Å². The first kappa shape index (κ1) is 18.1. The number of fused-ring (bicyclic) bond motifs is 2. The predicted octanol–water partition coefficient (Wildman–Crippen LogP) is 7.16. The van der Waals surface area contributed by atoms with Crippen molar-refractivity contribution in [2.45, 2.75) is 6.42 Å². The Morgan fingerprint density at radius 3 is 1.87 bits per heavy atom. The first-order chi connectivity index (χ1) is 14.7. The van der Waals surface area contributed by atoms with Crippen molar-refractivity contribution in [3.05, 3.63) is 124 Å². The fourth-order valence-electron chi connectivity index (χ4n) is 4.17. The third-order valence-corrected chi connectivity index (χ3v) is 5.60. The second-order valence-electron chi connectivity index (χ2n) is 7.45. The molecule has 0 aliphatic carbocycles. The number of rotatable bonds is 4. The van der Waals surface area contributed by atoms with E-state index in [2.05, 4.69) is 78.9 Å². The van der Waals surface area contributed by atoms with Crippen molar-refractivity contribution in [2.75, 3.05) is 0 Å². The Hall–Kier alpha value is -3.98. The molecule has 0 fully saturated rings. The lowest BCUT2D eigenvalue weighted by Crippen LogP contribution is -1.96. The molecule has 0 aliphatic rings. The van der Waals surface area contributed by atoms with Crippen molar-refractivity contribution in [3.8, 4) is 11.1 Å². The molecule has 0 N–H and O–H groups in total. The molecule has 0 radical (unpaired) electrons. The normalized spacial score (nSPS) is 11.1. The maximum Gasteiger partial charge on any atom is 0.272 e. The summed E-state index contributed by atoms with van der Waals surface area (Å²) in [4.78, 5) is 11.0. The smallest absolute Gasteiger partial charge is 0.258 e. The van der Waals surface area contributed by atoms with Crippen LogP contribution in [0.25, 0.3) is 32.7 Å². The van der Waals surface area contributed by atoms with Crippen LogP contribution in [0.15, 0.2) is 103 Å². The second kappa shape index (κ2) is 7.45. The molecule has 0 aromatic heterocycles. The lowest BCUT2D eigenvalue weighted by atomic mass is 9.91. The molecule has 3 heteroatoms. The van der Waals surface area contributed by atoms with Gasteiger partial charge in [-0.25, -0.2) is 0 Å². The van der Waals surface area contributed by atoms with Gasteiger partial charge < -0.3 is 0 Å². The van der Waals surface area contributed by atoms with Crippen LogP contribution in [0.4, 0.5) is 5.69 Å². The van der Waals surface area contributed by atoms with Gasteiger partial charge in [0.1, 0.15) is 0 Å². The topological polar surface area (TPSA) is 43.1 Å². The maximum atomic E-state index is 11.3. The minimum atomic E-state index is -0.314. The predicted molar refractivity (Wildman–Crippen MR) is 123 cm³/mol. The molecule has 5 rings (SSSR count). The first-order valence-electron chi connectivity index (χ1n) is 9.93. The molecule has 5 aromatic rings. The van der Waals surface area contributed by atoms with Crippen molar-refractivity contribution in [3.63, 3.8) is 0 Å². The minimum absolute atomic E-state index is 0.168. The number of nitro benzene ring substituents is 1. The summed E-state index contributed by atoms with van der Waals surface area (Å²) in [7, 11) is 0. The van der Waals surface area contributed by atoms with Crippen LogP contribution in [0.1, 0.15) is 11.1 Å². The zero-order chi connectivity index (χ0) is 20.5. The SMILES string of the molecule is O=[N+]([O-])c1ccccc1Cc1ccc(-c2c3ccccc3cc3ccccc23)cc1. The average Bonchev–Trinajstić information content (AvgIpc) is 2.78. The van der Waals surface area contributed by atoms with Crippen molar-refractivity contribution >= 4 is 27.2 Å².